The third-order valence-electron chi connectivity index (χ3n) is 6.90. The van der Waals surface area contributed by atoms with E-state index in [1.165, 1.54) is 43.8 Å². The maximum atomic E-state index is 9.75. The summed E-state index contributed by atoms with van der Waals surface area (Å²) in [6.07, 6.45) is 3.06. The molecule has 1 N–H and O–H groups in total. The SMILES string of the molecule is C[Si]1(C)c2cc3c([cH-]c4ccccc43)c(C3C(CCO)=Cc4ccccc43)c21.[Cl-].[Cl-].[Zr+3]. The third-order valence-corrected chi connectivity index (χ3v) is 10.2. The Morgan fingerprint density at radius 2 is 1.68 bits per heavy atom. The number of fused-ring (bicyclic) bond motifs is 5. The van der Waals surface area contributed by atoms with E-state index in [-0.39, 0.29) is 63.5 Å². The van der Waals surface area contributed by atoms with Crippen LogP contribution in [0.5, 0.6) is 0 Å². The van der Waals surface area contributed by atoms with E-state index in [2.05, 4.69) is 79.8 Å². The molecule has 4 aromatic carbocycles. The van der Waals surface area contributed by atoms with Gasteiger partial charge in [0.2, 0.25) is 0 Å². The summed E-state index contributed by atoms with van der Waals surface area (Å²) in [5.41, 5.74) is 5.62. The smallest absolute Gasteiger partial charge is 1.00 e. The van der Waals surface area contributed by atoms with Gasteiger partial charge in [-0.15, -0.1) is 33.7 Å². The summed E-state index contributed by atoms with van der Waals surface area (Å²) in [5.74, 6) is 0.284. The fraction of sp³-hybridized carbons (Fsp3) is 0.192. The van der Waals surface area contributed by atoms with E-state index in [0.717, 1.165) is 6.42 Å². The first-order valence-corrected chi connectivity index (χ1v) is 13.2. The summed E-state index contributed by atoms with van der Waals surface area (Å²) in [5, 5.41) is 18.6. The Morgan fingerprint density at radius 3 is 2.45 bits per heavy atom. The van der Waals surface area contributed by atoms with Gasteiger partial charge in [-0.25, -0.2) is 0 Å². The molecule has 0 saturated carbocycles. The minimum atomic E-state index is -1.46. The number of hydrogen-bond acceptors (Lipinski definition) is 1. The van der Waals surface area contributed by atoms with E-state index >= 15 is 0 Å². The average Bonchev–Trinajstić information content (AvgIpc) is 3.00. The van der Waals surface area contributed by atoms with Crippen LogP contribution >= 0.6 is 0 Å². The van der Waals surface area contributed by atoms with E-state index in [1.54, 1.807) is 10.4 Å². The Balaban J connectivity index is 0.000000907. The van der Waals surface area contributed by atoms with Crippen LogP contribution in [-0.2, 0) is 26.2 Å². The van der Waals surface area contributed by atoms with Gasteiger partial charge >= 0.3 is 26.2 Å². The van der Waals surface area contributed by atoms with Crippen molar-refractivity contribution in [2.45, 2.75) is 25.4 Å². The van der Waals surface area contributed by atoms with Crippen LogP contribution in [0.1, 0.15) is 29.0 Å². The standard InChI is InChI=1S/C26H23OSi.2ClH.Zr/c1-28(2)23-15-21-19-9-5-3-8-17(19)14-22(21)25(26(23)28)24-18(11-12-27)13-16-7-4-6-10-20(16)24;;;/h3-10,13-15,24,27H,11-12H2,1-2H3;2*1H;/q-1;;;+3/p-2. The Bertz CT molecular complexity index is 1320. The van der Waals surface area contributed by atoms with Gasteiger partial charge in [-0.1, -0.05) is 89.2 Å². The molecule has 31 heavy (non-hydrogen) atoms. The zero-order valence-electron chi connectivity index (χ0n) is 17.5. The van der Waals surface area contributed by atoms with Gasteiger partial charge in [0.05, 0.1) is 0 Å². The maximum Gasteiger partial charge on any atom is 3.00 e. The molecule has 6 rings (SSSR count). The molecule has 1 aliphatic heterocycles. The summed E-state index contributed by atoms with van der Waals surface area (Å²) in [6.45, 7) is 5.18. The molecule has 0 spiro atoms. The molecular formula is C26H23Cl2OSiZr. The van der Waals surface area contributed by atoms with E-state index in [1.807, 2.05) is 0 Å². The molecule has 2 aliphatic rings. The van der Waals surface area contributed by atoms with E-state index < -0.39 is 8.07 Å². The van der Waals surface area contributed by atoms with Gasteiger partial charge in [0.25, 0.3) is 0 Å². The van der Waals surface area contributed by atoms with Crippen molar-refractivity contribution >= 4 is 46.1 Å². The molecule has 5 heteroatoms. The van der Waals surface area contributed by atoms with Gasteiger partial charge in [0.15, 0.2) is 0 Å². The van der Waals surface area contributed by atoms with Gasteiger partial charge < -0.3 is 29.9 Å². The van der Waals surface area contributed by atoms with Gasteiger partial charge in [0.1, 0.15) is 8.07 Å². The van der Waals surface area contributed by atoms with Crippen LogP contribution in [0.4, 0.5) is 0 Å². The molecule has 1 unspecified atom stereocenters. The van der Waals surface area contributed by atoms with Crippen molar-refractivity contribution in [1.82, 2.24) is 0 Å². The molecule has 1 atom stereocenters. The molecule has 0 bridgehead atoms. The summed E-state index contributed by atoms with van der Waals surface area (Å²) in [6, 6.07) is 22.4. The second-order valence-corrected chi connectivity index (χ2v) is 13.1. The first-order valence-electron chi connectivity index (χ1n) is 10.2. The molecule has 155 valence electrons. The number of benzene rings is 3. The summed E-state index contributed by atoms with van der Waals surface area (Å²) < 4.78 is 0. The fourth-order valence-corrected chi connectivity index (χ4v) is 8.92. The second-order valence-electron chi connectivity index (χ2n) is 8.79. The Morgan fingerprint density at radius 1 is 0.968 bits per heavy atom. The summed E-state index contributed by atoms with van der Waals surface area (Å²) in [4.78, 5) is 0. The third kappa shape index (κ3) is 3.45. The quantitative estimate of drug-likeness (QED) is 0.254. The van der Waals surface area contributed by atoms with Crippen LogP contribution in [-0.4, -0.2) is 19.8 Å². The molecule has 0 amide bonds. The largest absolute Gasteiger partial charge is 3.00 e. The van der Waals surface area contributed by atoms with Crippen molar-refractivity contribution in [3.05, 3.63) is 82.9 Å². The fourth-order valence-electron chi connectivity index (χ4n) is 5.51. The van der Waals surface area contributed by atoms with Crippen LogP contribution < -0.4 is 35.2 Å². The number of hydrogen-bond donors (Lipinski definition) is 1. The van der Waals surface area contributed by atoms with Crippen LogP contribution in [0, 0.1) is 0 Å². The minimum Gasteiger partial charge on any atom is -1.00 e. The summed E-state index contributed by atoms with van der Waals surface area (Å²) in [7, 11) is -1.46. The van der Waals surface area contributed by atoms with Gasteiger partial charge in [-0.2, -0.15) is 0 Å². The van der Waals surface area contributed by atoms with E-state index in [9.17, 15) is 5.11 Å². The number of aliphatic hydroxyl groups excluding tert-OH is 1. The summed E-state index contributed by atoms with van der Waals surface area (Å²) >= 11 is 0. The molecule has 1 radical (unpaired) electrons. The number of halogens is 2. The van der Waals surface area contributed by atoms with Crippen molar-refractivity contribution in [2.24, 2.45) is 0 Å². The van der Waals surface area contributed by atoms with Gasteiger partial charge in [0, 0.05) is 12.5 Å². The Labute approximate surface area is 215 Å². The Kier molecular flexibility index (Phi) is 6.88. The maximum absolute atomic E-state index is 9.75. The zero-order chi connectivity index (χ0) is 19.0. The number of rotatable bonds is 3. The molecule has 0 aromatic heterocycles. The predicted octanol–water partition coefficient (Wildman–Crippen LogP) is -1.24. The van der Waals surface area contributed by atoms with Crippen LogP contribution in [0.2, 0.25) is 13.1 Å². The van der Waals surface area contributed by atoms with Crippen LogP contribution in [0.3, 0.4) is 0 Å². The first kappa shape index (κ1) is 24.6. The molecule has 4 aromatic rings. The molecule has 1 nitrogen and oxygen atoms in total. The van der Waals surface area contributed by atoms with Crippen molar-refractivity contribution in [2.75, 3.05) is 6.61 Å². The predicted molar refractivity (Wildman–Crippen MR) is 122 cm³/mol. The minimum absolute atomic E-state index is 0. The van der Waals surface area contributed by atoms with Gasteiger partial charge in [-0.3, -0.25) is 0 Å². The van der Waals surface area contributed by atoms with Crippen LogP contribution in [0.15, 0.2) is 66.2 Å². The van der Waals surface area contributed by atoms with Crippen molar-refractivity contribution < 1.29 is 56.1 Å². The topological polar surface area (TPSA) is 20.2 Å². The number of aliphatic hydroxyl groups is 1. The van der Waals surface area contributed by atoms with Crippen molar-refractivity contribution in [1.29, 1.82) is 0 Å². The Hall–Kier alpha value is -1.09. The van der Waals surface area contributed by atoms with Crippen molar-refractivity contribution in [3.63, 3.8) is 0 Å². The molecule has 0 saturated heterocycles. The normalized spacial score (nSPS) is 17.1. The van der Waals surface area contributed by atoms with Gasteiger partial charge in [-0.05, 0) is 17.5 Å². The van der Waals surface area contributed by atoms with E-state index in [4.69, 9.17) is 0 Å². The molecule has 1 aliphatic carbocycles. The molecule has 0 fully saturated rings. The second kappa shape index (κ2) is 8.69. The monoisotopic (exact) mass is 539 g/mol. The van der Waals surface area contributed by atoms with E-state index in [0.29, 0.717) is 0 Å². The first-order chi connectivity index (χ1) is 13.6. The average molecular weight is 542 g/mol. The molecular weight excluding hydrogens is 519 g/mol. The van der Waals surface area contributed by atoms with Crippen LogP contribution in [0.25, 0.3) is 27.6 Å². The van der Waals surface area contributed by atoms with Crippen molar-refractivity contribution in [3.8, 4) is 0 Å². The molecule has 1 heterocycles. The zero-order valence-corrected chi connectivity index (χ0v) is 22.5.